The fourth-order valence-electron chi connectivity index (χ4n) is 0.549. The molecule has 0 aliphatic carbocycles. The van der Waals surface area contributed by atoms with E-state index in [-0.39, 0.29) is 5.60 Å². The first kappa shape index (κ1) is 10.9. The first-order chi connectivity index (χ1) is 5.06. The first-order valence-electron chi connectivity index (χ1n) is 3.77. The van der Waals surface area contributed by atoms with Gasteiger partial charge in [-0.1, -0.05) is 0 Å². The van der Waals surface area contributed by atoms with Gasteiger partial charge in [-0.25, -0.2) is 0 Å². The zero-order valence-electron chi connectivity index (χ0n) is 7.85. The predicted octanol–water partition coefficient (Wildman–Crippen LogP) is 1.42. The molecule has 0 aliphatic rings. The van der Waals surface area contributed by atoms with Crippen molar-refractivity contribution in [1.82, 2.24) is 0 Å². The van der Waals surface area contributed by atoms with Gasteiger partial charge in [0.15, 0.2) is 0 Å². The Bertz CT molecular complexity index is 85.8. The van der Waals surface area contributed by atoms with Crippen LogP contribution in [0.5, 0.6) is 0 Å². The van der Waals surface area contributed by atoms with E-state index in [1.54, 1.807) is 7.11 Å². The van der Waals surface area contributed by atoms with Crippen molar-refractivity contribution in [2.45, 2.75) is 26.4 Å². The minimum Gasteiger partial charge on any atom is -0.373 e. The second-order valence-electron chi connectivity index (χ2n) is 3.28. The zero-order valence-corrected chi connectivity index (χ0v) is 7.85. The van der Waals surface area contributed by atoms with Crippen molar-refractivity contribution in [1.29, 1.82) is 0 Å². The minimum absolute atomic E-state index is 0.0730. The molecule has 3 nitrogen and oxygen atoms in total. The largest absolute Gasteiger partial charge is 0.373 e. The number of ether oxygens (including phenoxy) is 3. The van der Waals surface area contributed by atoms with Crippen molar-refractivity contribution >= 4 is 0 Å². The molecular weight excluding hydrogens is 144 g/mol. The molecule has 0 heterocycles. The highest BCUT2D eigenvalue weighted by molar-refractivity contribution is 4.57. The Morgan fingerprint density at radius 2 is 1.73 bits per heavy atom. The van der Waals surface area contributed by atoms with Crippen LogP contribution < -0.4 is 0 Å². The van der Waals surface area contributed by atoms with Gasteiger partial charge >= 0.3 is 0 Å². The molecule has 3 heteroatoms. The Morgan fingerprint density at radius 3 is 2.18 bits per heavy atom. The van der Waals surface area contributed by atoms with Crippen LogP contribution in [0.3, 0.4) is 0 Å². The van der Waals surface area contributed by atoms with E-state index in [0.717, 1.165) is 0 Å². The Kier molecular flexibility index (Phi) is 5.46. The average Bonchev–Trinajstić information content (AvgIpc) is 1.85. The lowest BCUT2D eigenvalue weighted by molar-refractivity contribution is -0.0774. The Hall–Kier alpha value is -0.120. The standard InChI is InChI=1S/C8H18O3/c1-8(2,3)11-6-5-10-7-9-4/h5-7H2,1-4H3. The third-order valence-corrected chi connectivity index (χ3v) is 0.964. The zero-order chi connectivity index (χ0) is 8.74. The van der Waals surface area contributed by atoms with Crippen molar-refractivity contribution in [3.8, 4) is 0 Å². The van der Waals surface area contributed by atoms with Gasteiger partial charge in [-0.05, 0) is 20.8 Å². The summed E-state index contributed by atoms with van der Waals surface area (Å²) in [4.78, 5) is 0. The Labute approximate surface area is 68.6 Å². The van der Waals surface area contributed by atoms with Crippen LogP contribution in [-0.2, 0) is 14.2 Å². The second kappa shape index (κ2) is 5.52. The van der Waals surface area contributed by atoms with Gasteiger partial charge < -0.3 is 14.2 Å². The fourth-order valence-corrected chi connectivity index (χ4v) is 0.549. The molecule has 0 amide bonds. The molecule has 11 heavy (non-hydrogen) atoms. The van der Waals surface area contributed by atoms with Gasteiger partial charge in [0.25, 0.3) is 0 Å². The molecule has 0 radical (unpaired) electrons. The van der Waals surface area contributed by atoms with Crippen LogP contribution in [0.1, 0.15) is 20.8 Å². The third-order valence-electron chi connectivity index (χ3n) is 0.964. The van der Waals surface area contributed by atoms with E-state index in [0.29, 0.717) is 20.0 Å². The van der Waals surface area contributed by atoms with Gasteiger partial charge in [-0.3, -0.25) is 0 Å². The molecule has 68 valence electrons. The summed E-state index contributed by atoms with van der Waals surface area (Å²) in [6, 6.07) is 0. The Balaban J connectivity index is 3.02. The number of hydrogen-bond acceptors (Lipinski definition) is 3. The summed E-state index contributed by atoms with van der Waals surface area (Å²) < 4.78 is 15.1. The van der Waals surface area contributed by atoms with E-state index in [1.807, 2.05) is 20.8 Å². The monoisotopic (exact) mass is 162 g/mol. The number of methoxy groups -OCH3 is 1. The van der Waals surface area contributed by atoms with Crippen molar-refractivity contribution in [2.75, 3.05) is 27.1 Å². The van der Waals surface area contributed by atoms with Crippen molar-refractivity contribution < 1.29 is 14.2 Å². The molecule has 0 aliphatic heterocycles. The molecule has 0 spiro atoms. The molecule has 0 aromatic heterocycles. The summed E-state index contributed by atoms with van der Waals surface area (Å²) in [7, 11) is 1.60. The summed E-state index contributed by atoms with van der Waals surface area (Å²) in [5, 5.41) is 0. The van der Waals surface area contributed by atoms with E-state index in [4.69, 9.17) is 14.2 Å². The average molecular weight is 162 g/mol. The van der Waals surface area contributed by atoms with Crippen molar-refractivity contribution in [2.24, 2.45) is 0 Å². The lowest BCUT2D eigenvalue weighted by atomic mass is 10.2. The second-order valence-corrected chi connectivity index (χ2v) is 3.28. The molecule has 0 saturated carbocycles. The molecule has 0 saturated heterocycles. The summed E-state index contributed by atoms with van der Waals surface area (Å²) in [5.74, 6) is 0. The molecule has 0 aromatic carbocycles. The normalized spacial score (nSPS) is 12.0. The molecule has 0 unspecified atom stereocenters. The minimum atomic E-state index is -0.0730. The van der Waals surface area contributed by atoms with Crippen LogP contribution in [0.2, 0.25) is 0 Å². The molecule has 0 rings (SSSR count). The predicted molar refractivity (Wildman–Crippen MR) is 43.5 cm³/mol. The van der Waals surface area contributed by atoms with Gasteiger partial charge in [0, 0.05) is 7.11 Å². The van der Waals surface area contributed by atoms with E-state index < -0.39 is 0 Å². The summed E-state index contributed by atoms with van der Waals surface area (Å²) in [6.07, 6.45) is 0. The third kappa shape index (κ3) is 9.88. The van der Waals surface area contributed by atoms with Gasteiger partial charge in [-0.15, -0.1) is 0 Å². The van der Waals surface area contributed by atoms with Crippen LogP contribution >= 0.6 is 0 Å². The maximum Gasteiger partial charge on any atom is 0.146 e. The highest BCUT2D eigenvalue weighted by atomic mass is 16.7. The summed E-state index contributed by atoms with van der Waals surface area (Å²) >= 11 is 0. The highest BCUT2D eigenvalue weighted by Crippen LogP contribution is 2.05. The quantitative estimate of drug-likeness (QED) is 0.452. The van der Waals surface area contributed by atoms with Crippen LogP contribution in [-0.4, -0.2) is 32.7 Å². The van der Waals surface area contributed by atoms with Crippen LogP contribution in [0, 0.1) is 0 Å². The van der Waals surface area contributed by atoms with Gasteiger partial charge in [-0.2, -0.15) is 0 Å². The highest BCUT2D eigenvalue weighted by Gasteiger charge is 2.08. The number of rotatable bonds is 5. The van der Waals surface area contributed by atoms with E-state index in [2.05, 4.69) is 0 Å². The fraction of sp³-hybridized carbons (Fsp3) is 1.00. The van der Waals surface area contributed by atoms with Gasteiger partial charge in [0.05, 0.1) is 18.8 Å². The van der Waals surface area contributed by atoms with Crippen LogP contribution in [0.15, 0.2) is 0 Å². The molecular formula is C8H18O3. The molecule has 0 N–H and O–H groups in total. The first-order valence-corrected chi connectivity index (χ1v) is 3.77. The Morgan fingerprint density at radius 1 is 1.09 bits per heavy atom. The SMILES string of the molecule is COCOCCOC(C)(C)C. The summed E-state index contributed by atoms with van der Waals surface area (Å²) in [6.45, 7) is 7.60. The van der Waals surface area contributed by atoms with Crippen molar-refractivity contribution in [3.05, 3.63) is 0 Å². The maximum absolute atomic E-state index is 5.40. The van der Waals surface area contributed by atoms with Crippen molar-refractivity contribution in [3.63, 3.8) is 0 Å². The summed E-state index contributed by atoms with van der Waals surface area (Å²) in [5.41, 5.74) is -0.0730. The van der Waals surface area contributed by atoms with E-state index in [1.165, 1.54) is 0 Å². The molecule has 0 atom stereocenters. The number of hydrogen-bond donors (Lipinski definition) is 0. The smallest absolute Gasteiger partial charge is 0.146 e. The van der Waals surface area contributed by atoms with Gasteiger partial charge in [0.1, 0.15) is 6.79 Å². The topological polar surface area (TPSA) is 27.7 Å². The van der Waals surface area contributed by atoms with E-state index >= 15 is 0 Å². The van der Waals surface area contributed by atoms with Gasteiger partial charge in [0.2, 0.25) is 0 Å². The van der Waals surface area contributed by atoms with Crippen LogP contribution in [0.25, 0.3) is 0 Å². The molecule has 0 aromatic rings. The lowest BCUT2D eigenvalue weighted by Crippen LogP contribution is -2.22. The molecule has 0 fully saturated rings. The van der Waals surface area contributed by atoms with Crippen LogP contribution in [0.4, 0.5) is 0 Å². The maximum atomic E-state index is 5.40. The lowest BCUT2D eigenvalue weighted by Gasteiger charge is -2.19. The van der Waals surface area contributed by atoms with E-state index in [9.17, 15) is 0 Å². The molecule has 0 bridgehead atoms.